The highest BCUT2D eigenvalue weighted by Gasteiger charge is 2.49. The zero-order valence-electron chi connectivity index (χ0n) is 13.7. The van der Waals surface area contributed by atoms with Gasteiger partial charge >= 0.3 is 11.9 Å². The van der Waals surface area contributed by atoms with Crippen LogP contribution in [0.25, 0.3) is 0 Å². The number of rotatable bonds is 8. The molecule has 0 bridgehead atoms. The van der Waals surface area contributed by atoms with Crippen molar-refractivity contribution in [3.05, 3.63) is 32.5 Å². The summed E-state index contributed by atoms with van der Waals surface area (Å²) < 4.78 is 10.1. The third-order valence-corrected chi connectivity index (χ3v) is 3.72. The molecule has 9 nitrogen and oxygen atoms in total. The first kappa shape index (κ1) is 20.5. The van der Waals surface area contributed by atoms with Crippen molar-refractivity contribution in [3.8, 4) is 6.07 Å². The molecule has 1 rings (SSSR count). The minimum Gasteiger partial charge on any atom is -0.464 e. The molecular weight excluding hydrogens is 398 g/mol. The Morgan fingerprint density at radius 2 is 1.92 bits per heavy atom. The molecule has 0 fully saturated rings. The summed E-state index contributed by atoms with van der Waals surface area (Å²) in [5, 5.41) is 20.6. The number of nitro groups is 1. The SMILES string of the molecule is CCOC(=O)C(C#N)(CCc1ncc(Br)cc1[N+](=O)[O-])C(=O)OCC. The summed E-state index contributed by atoms with van der Waals surface area (Å²) in [6.07, 6.45) is 0.844. The van der Waals surface area contributed by atoms with E-state index in [0.29, 0.717) is 4.47 Å². The van der Waals surface area contributed by atoms with Crippen molar-refractivity contribution in [2.75, 3.05) is 13.2 Å². The molecule has 0 aliphatic heterocycles. The average Bonchev–Trinajstić information content (AvgIpc) is 2.57. The summed E-state index contributed by atoms with van der Waals surface area (Å²) in [6, 6.07) is 2.91. The van der Waals surface area contributed by atoms with Crippen molar-refractivity contribution < 1.29 is 24.0 Å². The van der Waals surface area contributed by atoms with Crippen molar-refractivity contribution in [2.45, 2.75) is 26.7 Å². The van der Waals surface area contributed by atoms with Crippen LogP contribution in [0, 0.1) is 26.9 Å². The van der Waals surface area contributed by atoms with Crippen LogP contribution in [0.3, 0.4) is 0 Å². The summed E-state index contributed by atoms with van der Waals surface area (Å²) in [7, 11) is 0. The summed E-state index contributed by atoms with van der Waals surface area (Å²) in [6.45, 7) is 3.01. The summed E-state index contributed by atoms with van der Waals surface area (Å²) in [5.74, 6) is -2.09. The summed E-state index contributed by atoms with van der Waals surface area (Å²) >= 11 is 3.09. The number of nitriles is 1. The van der Waals surface area contributed by atoms with Crippen molar-refractivity contribution in [2.24, 2.45) is 5.41 Å². The van der Waals surface area contributed by atoms with Crippen molar-refractivity contribution in [3.63, 3.8) is 0 Å². The van der Waals surface area contributed by atoms with Crippen LogP contribution in [-0.2, 0) is 25.5 Å². The van der Waals surface area contributed by atoms with E-state index in [9.17, 15) is 25.0 Å². The molecule has 0 amide bonds. The first-order valence-electron chi connectivity index (χ1n) is 7.36. The lowest BCUT2D eigenvalue weighted by Crippen LogP contribution is -2.41. The van der Waals surface area contributed by atoms with Gasteiger partial charge < -0.3 is 9.47 Å². The third kappa shape index (κ3) is 4.73. The van der Waals surface area contributed by atoms with E-state index in [-0.39, 0.29) is 37.4 Å². The fourth-order valence-corrected chi connectivity index (χ4v) is 2.38. The van der Waals surface area contributed by atoms with Crippen LogP contribution in [0.5, 0.6) is 0 Å². The van der Waals surface area contributed by atoms with Gasteiger partial charge in [0, 0.05) is 16.7 Å². The van der Waals surface area contributed by atoms with E-state index in [1.54, 1.807) is 6.07 Å². The maximum Gasteiger partial charge on any atom is 0.338 e. The Kier molecular flexibility index (Phi) is 7.44. The number of pyridine rings is 1. The van der Waals surface area contributed by atoms with Crippen molar-refractivity contribution >= 4 is 33.6 Å². The Morgan fingerprint density at radius 3 is 2.36 bits per heavy atom. The second kappa shape index (κ2) is 9.08. The first-order chi connectivity index (χ1) is 11.8. The molecule has 0 radical (unpaired) electrons. The Bertz CT molecular complexity index is 698. The quantitative estimate of drug-likeness (QED) is 0.274. The molecular formula is C15H16BrN3O6. The fraction of sp³-hybridized carbons (Fsp3) is 0.467. The highest BCUT2D eigenvalue weighted by molar-refractivity contribution is 9.10. The topological polar surface area (TPSA) is 132 Å². The van der Waals surface area contributed by atoms with Gasteiger partial charge in [0.2, 0.25) is 0 Å². The van der Waals surface area contributed by atoms with Crippen LogP contribution in [0.15, 0.2) is 16.7 Å². The Hall–Kier alpha value is -2.54. The van der Waals surface area contributed by atoms with Gasteiger partial charge in [-0.3, -0.25) is 15.1 Å². The molecule has 0 saturated carbocycles. The predicted octanol–water partition coefficient (Wildman–Crippen LogP) is 2.32. The number of esters is 2. The molecule has 0 aliphatic rings. The van der Waals surface area contributed by atoms with Gasteiger partial charge in [-0.15, -0.1) is 0 Å². The normalized spacial score (nSPS) is 10.6. The van der Waals surface area contributed by atoms with Crippen LogP contribution in [0.4, 0.5) is 5.69 Å². The Morgan fingerprint density at radius 1 is 1.36 bits per heavy atom. The largest absolute Gasteiger partial charge is 0.464 e. The Balaban J connectivity index is 3.20. The van der Waals surface area contributed by atoms with E-state index in [1.165, 1.54) is 26.1 Å². The second-order valence-electron chi connectivity index (χ2n) is 4.83. The number of hydrogen-bond acceptors (Lipinski definition) is 8. The monoisotopic (exact) mass is 413 g/mol. The maximum absolute atomic E-state index is 12.2. The molecule has 0 aromatic carbocycles. The molecule has 1 aromatic heterocycles. The predicted molar refractivity (Wildman–Crippen MR) is 88.2 cm³/mol. The molecule has 0 unspecified atom stereocenters. The molecule has 134 valence electrons. The van der Waals surface area contributed by atoms with E-state index in [0.717, 1.165) is 0 Å². The molecule has 10 heteroatoms. The number of ether oxygens (including phenoxy) is 2. The van der Waals surface area contributed by atoms with Gasteiger partial charge in [-0.05, 0) is 42.6 Å². The van der Waals surface area contributed by atoms with Crippen LogP contribution in [-0.4, -0.2) is 35.1 Å². The van der Waals surface area contributed by atoms with Crippen molar-refractivity contribution in [1.29, 1.82) is 5.26 Å². The van der Waals surface area contributed by atoms with Crippen LogP contribution >= 0.6 is 15.9 Å². The third-order valence-electron chi connectivity index (χ3n) is 3.29. The maximum atomic E-state index is 12.2. The number of aromatic nitrogens is 1. The lowest BCUT2D eigenvalue weighted by atomic mass is 9.84. The van der Waals surface area contributed by atoms with Gasteiger partial charge in [-0.1, -0.05) is 0 Å². The molecule has 0 atom stereocenters. The number of nitrogens with zero attached hydrogens (tertiary/aromatic N) is 3. The lowest BCUT2D eigenvalue weighted by Gasteiger charge is -2.22. The highest BCUT2D eigenvalue weighted by atomic mass is 79.9. The highest BCUT2D eigenvalue weighted by Crippen LogP contribution is 2.30. The zero-order chi connectivity index (χ0) is 19.0. The number of carbonyl (C=O) groups is 2. The molecule has 25 heavy (non-hydrogen) atoms. The van der Waals surface area contributed by atoms with E-state index in [1.807, 2.05) is 0 Å². The summed E-state index contributed by atoms with van der Waals surface area (Å²) in [4.78, 5) is 38.9. The number of halogens is 1. The minimum atomic E-state index is -2.20. The van der Waals surface area contributed by atoms with Crippen molar-refractivity contribution in [1.82, 2.24) is 4.98 Å². The zero-order valence-corrected chi connectivity index (χ0v) is 15.2. The molecule has 1 heterocycles. The van der Waals surface area contributed by atoms with E-state index in [4.69, 9.17) is 9.47 Å². The van der Waals surface area contributed by atoms with Gasteiger partial charge in [0.25, 0.3) is 11.1 Å². The Labute approximate surface area is 152 Å². The number of carbonyl (C=O) groups excluding carboxylic acids is 2. The van der Waals surface area contributed by atoms with Crippen LogP contribution in [0.1, 0.15) is 26.0 Å². The fourth-order valence-electron chi connectivity index (χ4n) is 2.06. The van der Waals surface area contributed by atoms with Gasteiger partial charge in [0.15, 0.2) is 0 Å². The molecule has 1 aromatic rings. The number of aryl methyl sites for hydroxylation is 1. The lowest BCUT2D eigenvalue weighted by molar-refractivity contribution is -0.386. The molecule has 0 aliphatic carbocycles. The van der Waals surface area contributed by atoms with Gasteiger partial charge in [-0.25, -0.2) is 9.59 Å². The first-order valence-corrected chi connectivity index (χ1v) is 8.16. The van der Waals surface area contributed by atoms with Gasteiger partial charge in [0.1, 0.15) is 5.69 Å². The van der Waals surface area contributed by atoms with E-state index < -0.39 is 22.3 Å². The average molecular weight is 414 g/mol. The molecule has 0 spiro atoms. The van der Waals surface area contributed by atoms with Crippen LogP contribution in [0.2, 0.25) is 0 Å². The molecule has 0 saturated heterocycles. The summed E-state index contributed by atoms with van der Waals surface area (Å²) in [5.41, 5.74) is -2.44. The van der Waals surface area contributed by atoms with E-state index >= 15 is 0 Å². The smallest absolute Gasteiger partial charge is 0.338 e. The van der Waals surface area contributed by atoms with Gasteiger partial charge in [0.05, 0.1) is 24.2 Å². The molecule has 0 N–H and O–H groups in total. The van der Waals surface area contributed by atoms with E-state index in [2.05, 4.69) is 20.9 Å². The van der Waals surface area contributed by atoms with Crippen LogP contribution < -0.4 is 0 Å². The standard InChI is InChI=1S/C15H16BrN3O6/c1-3-24-13(20)15(9-17,14(21)25-4-2)6-5-11-12(19(22)23)7-10(16)8-18-11/h7-8H,3-6H2,1-2H3. The second-order valence-corrected chi connectivity index (χ2v) is 5.75. The van der Waals surface area contributed by atoms with Gasteiger partial charge in [-0.2, -0.15) is 5.26 Å². The number of hydrogen-bond donors (Lipinski definition) is 0. The minimum absolute atomic E-state index is 0.0294.